The van der Waals surface area contributed by atoms with Crippen LogP contribution < -0.4 is 10.1 Å². The molecule has 1 aliphatic heterocycles. The van der Waals surface area contributed by atoms with E-state index in [2.05, 4.69) is 24.4 Å². The Labute approximate surface area is 141 Å². The Balaban J connectivity index is 1.81. The molecule has 3 unspecified atom stereocenters. The summed E-state index contributed by atoms with van der Waals surface area (Å²) in [6.07, 6.45) is 5.43. The molecule has 2 aromatic rings. The van der Waals surface area contributed by atoms with Crippen molar-refractivity contribution in [1.82, 2.24) is 0 Å². The van der Waals surface area contributed by atoms with Gasteiger partial charge < -0.3 is 20.3 Å². The molecule has 0 amide bonds. The second-order valence-electron chi connectivity index (χ2n) is 6.60. The van der Waals surface area contributed by atoms with Crippen LogP contribution in [-0.4, -0.2) is 17.3 Å². The van der Waals surface area contributed by atoms with Crippen molar-refractivity contribution in [3.63, 3.8) is 0 Å². The van der Waals surface area contributed by atoms with E-state index in [0.29, 0.717) is 11.7 Å². The summed E-state index contributed by atoms with van der Waals surface area (Å²) in [6, 6.07) is 9.26. The first-order chi connectivity index (χ1) is 11.6. The van der Waals surface area contributed by atoms with Gasteiger partial charge in [-0.2, -0.15) is 0 Å². The Hall–Kier alpha value is -2.62. The molecule has 2 aromatic carbocycles. The van der Waals surface area contributed by atoms with E-state index < -0.39 is 0 Å². The number of fused-ring (bicyclic) bond motifs is 3. The monoisotopic (exact) mass is 323 g/mol. The number of phenolic OH excluding ortho intramolecular Hbond substituents is 2. The van der Waals surface area contributed by atoms with Gasteiger partial charge in [0.1, 0.15) is 5.75 Å². The lowest BCUT2D eigenvalue weighted by molar-refractivity contribution is 0.370. The predicted octanol–water partition coefficient (Wildman–Crippen LogP) is 4.24. The molecule has 4 rings (SSSR count). The van der Waals surface area contributed by atoms with Crippen LogP contribution in [0.1, 0.15) is 35.1 Å². The van der Waals surface area contributed by atoms with E-state index in [1.54, 1.807) is 25.3 Å². The highest BCUT2D eigenvalue weighted by atomic mass is 16.5. The minimum atomic E-state index is 0.0296. The number of phenols is 2. The molecule has 2 aliphatic rings. The van der Waals surface area contributed by atoms with Crippen LogP contribution in [-0.2, 0) is 0 Å². The van der Waals surface area contributed by atoms with Gasteiger partial charge in [-0.3, -0.25) is 0 Å². The maximum atomic E-state index is 10.3. The van der Waals surface area contributed by atoms with Crippen LogP contribution in [0.4, 0.5) is 5.69 Å². The molecule has 3 N–H and O–H groups in total. The fraction of sp³-hybridized carbons (Fsp3) is 0.300. The van der Waals surface area contributed by atoms with Gasteiger partial charge in [0.25, 0.3) is 0 Å². The zero-order chi connectivity index (χ0) is 16.8. The summed E-state index contributed by atoms with van der Waals surface area (Å²) in [6.45, 7) is 2.09. The fourth-order valence-corrected chi connectivity index (χ4v) is 4.11. The Morgan fingerprint density at radius 1 is 1.12 bits per heavy atom. The topological polar surface area (TPSA) is 61.7 Å². The first-order valence-corrected chi connectivity index (χ1v) is 8.22. The second-order valence-corrected chi connectivity index (χ2v) is 6.60. The quantitative estimate of drug-likeness (QED) is 0.571. The van der Waals surface area contributed by atoms with Gasteiger partial charge in [-0.05, 0) is 54.2 Å². The number of methoxy groups -OCH3 is 1. The number of nitrogens with one attached hydrogen (secondary N) is 1. The van der Waals surface area contributed by atoms with Gasteiger partial charge in [-0.15, -0.1) is 0 Å². The van der Waals surface area contributed by atoms with Crippen LogP contribution >= 0.6 is 0 Å². The largest absolute Gasteiger partial charge is 0.506 e. The summed E-state index contributed by atoms with van der Waals surface area (Å²) >= 11 is 0. The highest BCUT2D eigenvalue weighted by Crippen LogP contribution is 2.53. The minimum Gasteiger partial charge on any atom is -0.506 e. The van der Waals surface area contributed by atoms with Crippen molar-refractivity contribution in [3.8, 4) is 17.2 Å². The van der Waals surface area contributed by atoms with E-state index in [1.165, 1.54) is 11.1 Å². The van der Waals surface area contributed by atoms with Gasteiger partial charge in [-0.25, -0.2) is 0 Å². The summed E-state index contributed by atoms with van der Waals surface area (Å²) in [5.74, 6) is 1.53. The van der Waals surface area contributed by atoms with Gasteiger partial charge in [-0.1, -0.05) is 24.3 Å². The first-order valence-electron chi connectivity index (χ1n) is 8.22. The Bertz CT molecular complexity index is 828. The summed E-state index contributed by atoms with van der Waals surface area (Å²) in [4.78, 5) is 0. The van der Waals surface area contributed by atoms with E-state index in [-0.39, 0.29) is 23.5 Å². The SMILES string of the molecule is COc1ccc(C2Nc3c(O)ccc(C)c3C3C=CCC32)cc1O. The minimum absolute atomic E-state index is 0.0296. The number of anilines is 1. The number of hydrogen-bond acceptors (Lipinski definition) is 4. The molecule has 0 aromatic heterocycles. The lowest BCUT2D eigenvalue weighted by Crippen LogP contribution is -2.29. The Kier molecular flexibility index (Phi) is 3.41. The predicted molar refractivity (Wildman–Crippen MR) is 93.9 cm³/mol. The lowest BCUT2D eigenvalue weighted by atomic mass is 9.75. The third kappa shape index (κ3) is 2.13. The maximum Gasteiger partial charge on any atom is 0.160 e. The number of aryl methyl sites for hydroxylation is 1. The van der Waals surface area contributed by atoms with Crippen LogP contribution in [0, 0.1) is 12.8 Å². The molecule has 24 heavy (non-hydrogen) atoms. The molecule has 0 fully saturated rings. The molecule has 4 heteroatoms. The lowest BCUT2D eigenvalue weighted by Gasteiger charge is -2.38. The van der Waals surface area contributed by atoms with Gasteiger partial charge >= 0.3 is 0 Å². The van der Waals surface area contributed by atoms with E-state index in [1.807, 2.05) is 12.1 Å². The average Bonchev–Trinajstić information content (AvgIpc) is 3.06. The number of aromatic hydroxyl groups is 2. The van der Waals surface area contributed by atoms with E-state index in [9.17, 15) is 10.2 Å². The summed E-state index contributed by atoms with van der Waals surface area (Å²) in [5, 5.41) is 24.0. The summed E-state index contributed by atoms with van der Waals surface area (Å²) in [5.41, 5.74) is 4.18. The van der Waals surface area contributed by atoms with Crippen molar-refractivity contribution in [2.45, 2.75) is 25.3 Å². The first kappa shape index (κ1) is 14.9. The molecule has 0 bridgehead atoms. The van der Waals surface area contributed by atoms with Crippen LogP contribution in [0.5, 0.6) is 17.2 Å². The normalized spacial score (nSPS) is 24.2. The Morgan fingerprint density at radius 2 is 1.96 bits per heavy atom. The molecule has 0 saturated heterocycles. The third-order valence-corrected chi connectivity index (χ3v) is 5.28. The van der Waals surface area contributed by atoms with Crippen LogP contribution in [0.3, 0.4) is 0 Å². The summed E-state index contributed by atoms with van der Waals surface area (Å²) < 4.78 is 5.14. The number of allylic oxidation sites excluding steroid dienone is 2. The van der Waals surface area contributed by atoms with Crippen molar-refractivity contribution < 1.29 is 14.9 Å². The van der Waals surface area contributed by atoms with Crippen LogP contribution in [0.2, 0.25) is 0 Å². The number of rotatable bonds is 2. The van der Waals surface area contributed by atoms with Crippen LogP contribution in [0.15, 0.2) is 42.5 Å². The molecule has 1 aliphatic carbocycles. The van der Waals surface area contributed by atoms with E-state index >= 15 is 0 Å². The molecular formula is C20H21NO3. The molecule has 1 heterocycles. The zero-order valence-corrected chi connectivity index (χ0v) is 13.8. The molecule has 0 saturated carbocycles. The second kappa shape index (κ2) is 5.48. The van der Waals surface area contributed by atoms with E-state index in [4.69, 9.17) is 4.74 Å². The molecular weight excluding hydrogens is 302 g/mol. The molecule has 4 nitrogen and oxygen atoms in total. The number of benzene rings is 2. The van der Waals surface area contributed by atoms with Gasteiger partial charge in [0.2, 0.25) is 0 Å². The zero-order valence-electron chi connectivity index (χ0n) is 13.8. The summed E-state index contributed by atoms with van der Waals surface area (Å²) in [7, 11) is 1.54. The third-order valence-electron chi connectivity index (χ3n) is 5.28. The molecule has 0 spiro atoms. The maximum absolute atomic E-state index is 10.3. The fourth-order valence-electron chi connectivity index (χ4n) is 4.11. The highest BCUT2D eigenvalue weighted by molar-refractivity contribution is 5.69. The molecule has 124 valence electrons. The van der Waals surface area contributed by atoms with Crippen LogP contribution in [0.25, 0.3) is 0 Å². The van der Waals surface area contributed by atoms with Crippen molar-refractivity contribution in [1.29, 1.82) is 0 Å². The molecule has 0 radical (unpaired) electrons. The van der Waals surface area contributed by atoms with Gasteiger partial charge in [0, 0.05) is 5.92 Å². The van der Waals surface area contributed by atoms with Crippen molar-refractivity contribution >= 4 is 5.69 Å². The van der Waals surface area contributed by atoms with Gasteiger partial charge in [0.15, 0.2) is 11.5 Å². The standard InChI is InChI=1S/C20H21NO3/c1-11-6-8-15(22)20-18(11)13-4-3-5-14(13)19(21-20)12-7-9-17(24-2)16(23)10-12/h3-4,6-10,13-14,19,21-23H,5H2,1-2H3. The highest BCUT2D eigenvalue weighted by Gasteiger charge is 2.39. The molecule has 3 atom stereocenters. The van der Waals surface area contributed by atoms with Gasteiger partial charge in [0.05, 0.1) is 18.8 Å². The van der Waals surface area contributed by atoms with Crippen molar-refractivity contribution in [2.75, 3.05) is 12.4 Å². The number of ether oxygens (including phenoxy) is 1. The Morgan fingerprint density at radius 3 is 2.71 bits per heavy atom. The number of hydrogen-bond donors (Lipinski definition) is 3. The average molecular weight is 323 g/mol. The van der Waals surface area contributed by atoms with Crippen molar-refractivity contribution in [2.24, 2.45) is 5.92 Å². The van der Waals surface area contributed by atoms with E-state index in [0.717, 1.165) is 17.7 Å². The smallest absolute Gasteiger partial charge is 0.160 e. The van der Waals surface area contributed by atoms with Crippen molar-refractivity contribution in [3.05, 3.63) is 59.2 Å².